The molecule has 0 saturated heterocycles. The summed E-state index contributed by atoms with van der Waals surface area (Å²) in [4.78, 5) is 18.8. The predicted octanol–water partition coefficient (Wildman–Crippen LogP) is 2.82. The lowest BCUT2D eigenvalue weighted by Gasteiger charge is -2.12. The zero-order valence-corrected chi connectivity index (χ0v) is 10.9. The minimum Gasteiger partial charge on any atom is -0.310 e. The normalized spacial score (nSPS) is 11.1. The summed E-state index contributed by atoms with van der Waals surface area (Å²) in [6.45, 7) is 3.43. The van der Waals surface area contributed by atoms with Crippen LogP contribution < -0.4 is 5.56 Å². The SMILES string of the molecule is CC(C)n1cc(-c2nc(Cl)ncc2F)cc(F)c1=O. The van der Waals surface area contributed by atoms with Gasteiger partial charge in [-0.15, -0.1) is 0 Å². The Kier molecular flexibility index (Phi) is 3.61. The number of hydrogen-bond acceptors (Lipinski definition) is 3. The molecule has 0 aliphatic carbocycles. The molecular formula is C12H10ClF2N3O. The molecule has 19 heavy (non-hydrogen) atoms. The second kappa shape index (κ2) is 5.05. The van der Waals surface area contributed by atoms with E-state index >= 15 is 0 Å². The smallest absolute Gasteiger partial charge is 0.286 e. The van der Waals surface area contributed by atoms with Crippen molar-refractivity contribution >= 4 is 11.6 Å². The van der Waals surface area contributed by atoms with Crippen LogP contribution in [-0.2, 0) is 0 Å². The van der Waals surface area contributed by atoms with E-state index in [-0.39, 0.29) is 22.6 Å². The summed E-state index contributed by atoms with van der Waals surface area (Å²) < 4.78 is 28.4. The largest absolute Gasteiger partial charge is 0.310 e. The van der Waals surface area contributed by atoms with Crippen molar-refractivity contribution in [3.05, 3.63) is 45.7 Å². The third kappa shape index (κ3) is 2.63. The van der Waals surface area contributed by atoms with E-state index in [0.29, 0.717) is 0 Å². The number of pyridine rings is 1. The Balaban J connectivity index is 2.70. The van der Waals surface area contributed by atoms with Crippen molar-refractivity contribution in [2.75, 3.05) is 0 Å². The van der Waals surface area contributed by atoms with E-state index in [9.17, 15) is 13.6 Å². The second-order valence-corrected chi connectivity index (χ2v) is 4.56. The van der Waals surface area contributed by atoms with E-state index < -0.39 is 17.2 Å². The quantitative estimate of drug-likeness (QED) is 0.797. The van der Waals surface area contributed by atoms with Gasteiger partial charge < -0.3 is 4.57 Å². The summed E-state index contributed by atoms with van der Waals surface area (Å²) in [5.74, 6) is -1.71. The molecular weight excluding hydrogens is 276 g/mol. The van der Waals surface area contributed by atoms with Crippen molar-refractivity contribution in [3.8, 4) is 11.3 Å². The molecule has 100 valence electrons. The average Bonchev–Trinajstić information content (AvgIpc) is 2.35. The van der Waals surface area contributed by atoms with Gasteiger partial charge in [0.05, 0.1) is 6.20 Å². The van der Waals surface area contributed by atoms with Gasteiger partial charge in [-0.25, -0.2) is 18.7 Å². The van der Waals surface area contributed by atoms with Crippen molar-refractivity contribution < 1.29 is 8.78 Å². The van der Waals surface area contributed by atoms with Gasteiger partial charge in [-0.2, -0.15) is 0 Å². The van der Waals surface area contributed by atoms with E-state index in [1.165, 1.54) is 10.8 Å². The van der Waals surface area contributed by atoms with Crippen LogP contribution in [0.3, 0.4) is 0 Å². The van der Waals surface area contributed by atoms with Crippen LogP contribution in [-0.4, -0.2) is 14.5 Å². The summed E-state index contributed by atoms with van der Waals surface area (Å²) in [6.07, 6.45) is 2.24. The molecule has 2 aromatic heterocycles. The molecule has 0 aliphatic rings. The molecule has 2 aromatic rings. The Morgan fingerprint density at radius 3 is 2.63 bits per heavy atom. The van der Waals surface area contributed by atoms with Gasteiger partial charge in [0, 0.05) is 17.8 Å². The Hall–Kier alpha value is -1.82. The van der Waals surface area contributed by atoms with E-state index in [0.717, 1.165) is 12.3 Å². The lowest BCUT2D eigenvalue weighted by molar-refractivity contribution is 0.526. The first-order valence-corrected chi connectivity index (χ1v) is 5.88. The molecule has 0 unspecified atom stereocenters. The number of nitrogens with zero attached hydrogens (tertiary/aromatic N) is 3. The van der Waals surface area contributed by atoms with Crippen LogP contribution in [0.5, 0.6) is 0 Å². The van der Waals surface area contributed by atoms with Gasteiger partial charge in [-0.05, 0) is 31.5 Å². The van der Waals surface area contributed by atoms with Crippen molar-refractivity contribution in [1.29, 1.82) is 0 Å². The first-order chi connectivity index (χ1) is 8.90. The Morgan fingerprint density at radius 1 is 1.32 bits per heavy atom. The minimum absolute atomic E-state index is 0.132. The van der Waals surface area contributed by atoms with Crippen LogP contribution in [0.4, 0.5) is 8.78 Å². The van der Waals surface area contributed by atoms with Gasteiger partial charge in [0.1, 0.15) is 5.69 Å². The molecule has 0 saturated carbocycles. The maximum absolute atomic E-state index is 13.6. The third-order valence-corrected chi connectivity index (χ3v) is 2.73. The molecule has 0 bridgehead atoms. The molecule has 0 atom stereocenters. The van der Waals surface area contributed by atoms with Gasteiger partial charge >= 0.3 is 0 Å². The van der Waals surface area contributed by atoms with Crippen molar-refractivity contribution in [1.82, 2.24) is 14.5 Å². The van der Waals surface area contributed by atoms with Gasteiger partial charge in [-0.3, -0.25) is 4.79 Å². The molecule has 0 aromatic carbocycles. The van der Waals surface area contributed by atoms with Gasteiger partial charge in [-0.1, -0.05) is 0 Å². The zero-order chi connectivity index (χ0) is 14.2. The highest BCUT2D eigenvalue weighted by atomic mass is 35.5. The van der Waals surface area contributed by atoms with Crippen LogP contribution in [0, 0.1) is 11.6 Å². The standard InChI is InChI=1S/C12H10ClF2N3O/c1-6(2)18-5-7(3-8(14)11(18)19)10-9(15)4-16-12(13)17-10/h3-6H,1-2H3. The molecule has 0 amide bonds. The monoisotopic (exact) mass is 285 g/mol. The highest BCUT2D eigenvalue weighted by molar-refractivity contribution is 6.28. The second-order valence-electron chi connectivity index (χ2n) is 4.22. The zero-order valence-electron chi connectivity index (χ0n) is 10.2. The topological polar surface area (TPSA) is 47.8 Å². The fourth-order valence-corrected chi connectivity index (χ4v) is 1.76. The summed E-state index contributed by atoms with van der Waals surface area (Å²) in [5, 5.41) is -0.154. The first-order valence-electron chi connectivity index (χ1n) is 5.50. The van der Waals surface area contributed by atoms with E-state index in [4.69, 9.17) is 11.6 Å². The van der Waals surface area contributed by atoms with Crippen LogP contribution >= 0.6 is 11.6 Å². The summed E-state index contributed by atoms with van der Waals surface area (Å²) in [7, 11) is 0. The molecule has 0 spiro atoms. The first kappa shape index (κ1) is 13.6. The van der Waals surface area contributed by atoms with Gasteiger partial charge in [0.2, 0.25) is 5.28 Å². The molecule has 0 radical (unpaired) electrons. The average molecular weight is 286 g/mol. The fraction of sp³-hybridized carbons (Fsp3) is 0.250. The Morgan fingerprint density at radius 2 is 2.00 bits per heavy atom. The predicted molar refractivity (Wildman–Crippen MR) is 67.0 cm³/mol. The third-order valence-electron chi connectivity index (χ3n) is 2.54. The number of rotatable bonds is 2. The molecule has 7 heteroatoms. The molecule has 0 aliphatic heterocycles. The van der Waals surface area contributed by atoms with Crippen LogP contribution in [0.25, 0.3) is 11.3 Å². The van der Waals surface area contributed by atoms with E-state index in [1.54, 1.807) is 13.8 Å². The van der Waals surface area contributed by atoms with Crippen LogP contribution in [0.15, 0.2) is 23.3 Å². The molecule has 0 N–H and O–H groups in total. The Bertz CT molecular complexity index is 685. The molecule has 4 nitrogen and oxygen atoms in total. The lowest BCUT2D eigenvalue weighted by Crippen LogP contribution is -2.24. The van der Waals surface area contributed by atoms with Crippen molar-refractivity contribution in [2.24, 2.45) is 0 Å². The minimum atomic E-state index is -0.972. The van der Waals surface area contributed by atoms with Gasteiger partial charge in [0.25, 0.3) is 5.56 Å². The van der Waals surface area contributed by atoms with Crippen molar-refractivity contribution in [3.63, 3.8) is 0 Å². The van der Waals surface area contributed by atoms with E-state index in [2.05, 4.69) is 9.97 Å². The van der Waals surface area contributed by atoms with Crippen LogP contribution in [0.2, 0.25) is 5.28 Å². The summed E-state index contributed by atoms with van der Waals surface area (Å²) >= 11 is 5.59. The van der Waals surface area contributed by atoms with Crippen molar-refractivity contribution in [2.45, 2.75) is 19.9 Å². The summed E-state index contributed by atoms with van der Waals surface area (Å²) in [5.41, 5.74) is -0.778. The highest BCUT2D eigenvalue weighted by Gasteiger charge is 2.14. The molecule has 0 fully saturated rings. The number of halogens is 3. The molecule has 2 heterocycles. The van der Waals surface area contributed by atoms with Gasteiger partial charge in [0.15, 0.2) is 11.6 Å². The van der Waals surface area contributed by atoms with E-state index in [1.807, 2.05) is 0 Å². The summed E-state index contributed by atoms with van der Waals surface area (Å²) in [6, 6.07) is 0.672. The molecule has 2 rings (SSSR count). The lowest BCUT2D eigenvalue weighted by atomic mass is 10.2. The number of hydrogen-bond donors (Lipinski definition) is 0. The fourth-order valence-electron chi connectivity index (χ4n) is 1.63. The maximum atomic E-state index is 13.6. The maximum Gasteiger partial charge on any atom is 0.286 e. The number of aromatic nitrogens is 3. The highest BCUT2D eigenvalue weighted by Crippen LogP contribution is 2.21. The Labute approximate surface area is 112 Å². The van der Waals surface area contributed by atoms with Crippen LogP contribution in [0.1, 0.15) is 19.9 Å².